The number of hydrogen-bond acceptors (Lipinski definition) is 4. The standard InChI is InChI=1S/C10H15N3O2S/c1-7-6-10(7)13-16(14,15)9-4-2-8(12-11)3-5-9/h2-5,7,10,12-13H,6,11H2,1H3. The van der Waals surface area contributed by atoms with E-state index in [1.165, 1.54) is 12.1 Å². The van der Waals surface area contributed by atoms with Crippen molar-refractivity contribution in [3.8, 4) is 0 Å². The highest BCUT2D eigenvalue weighted by Crippen LogP contribution is 2.30. The first-order chi connectivity index (χ1) is 7.53. The van der Waals surface area contributed by atoms with E-state index in [9.17, 15) is 8.42 Å². The first kappa shape index (κ1) is 11.4. The quantitative estimate of drug-likeness (QED) is 0.534. The van der Waals surface area contributed by atoms with E-state index in [4.69, 9.17) is 5.84 Å². The molecule has 1 aliphatic rings. The molecule has 0 spiro atoms. The summed E-state index contributed by atoms with van der Waals surface area (Å²) in [6, 6.07) is 6.42. The minimum Gasteiger partial charge on any atom is -0.324 e. The second-order valence-corrected chi connectivity index (χ2v) is 5.82. The van der Waals surface area contributed by atoms with Gasteiger partial charge in [0.15, 0.2) is 0 Å². The molecule has 1 aromatic rings. The van der Waals surface area contributed by atoms with Crippen LogP contribution in [0, 0.1) is 5.92 Å². The lowest BCUT2D eigenvalue weighted by molar-refractivity contribution is 0.578. The number of anilines is 1. The summed E-state index contributed by atoms with van der Waals surface area (Å²) in [5, 5.41) is 0. The Bertz CT molecular complexity index is 469. The summed E-state index contributed by atoms with van der Waals surface area (Å²) in [4.78, 5) is 0.269. The molecule has 2 atom stereocenters. The van der Waals surface area contributed by atoms with Crippen molar-refractivity contribution in [3.63, 3.8) is 0 Å². The Morgan fingerprint density at radius 1 is 1.31 bits per heavy atom. The van der Waals surface area contributed by atoms with E-state index in [-0.39, 0.29) is 10.9 Å². The summed E-state index contributed by atoms with van der Waals surface area (Å²) >= 11 is 0. The number of nitrogen functional groups attached to an aromatic ring is 1. The molecule has 0 heterocycles. The first-order valence-corrected chi connectivity index (χ1v) is 6.60. The van der Waals surface area contributed by atoms with Gasteiger partial charge in [0.1, 0.15) is 0 Å². The van der Waals surface area contributed by atoms with Crippen LogP contribution >= 0.6 is 0 Å². The maximum atomic E-state index is 11.9. The van der Waals surface area contributed by atoms with E-state index in [0.29, 0.717) is 11.6 Å². The molecule has 1 aliphatic carbocycles. The minimum absolute atomic E-state index is 0.0947. The molecule has 0 aliphatic heterocycles. The highest BCUT2D eigenvalue weighted by molar-refractivity contribution is 7.89. The summed E-state index contributed by atoms with van der Waals surface area (Å²) in [7, 11) is -3.37. The SMILES string of the molecule is CC1CC1NS(=O)(=O)c1ccc(NN)cc1. The molecule has 2 unspecified atom stereocenters. The van der Waals surface area contributed by atoms with Gasteiger partial charge in [-0.1, -0.05) is 6.92 Å². The second kappa shape index (κ2) is 4.04. The average molecular weight is 241 g/mol. The molecule has 16 heavy (non-hydrogen) atoms. The second-order valence-electron chi connectivity index (χ2n) is 4.11. The zero-order valence-corrected chi connectivity index (χ0v) is 9.79. The van der Waals surface area contributed by atoms with Crippen molar-refractivity contribution in [1.82, 2.24) is 4.72 Å². The van der Waals surface area contributed by atoms with E-state index in [2.05, 4.69) is 10.1 Å². The molecule has 1 aromatic carbocycles. The molecular weight excluding hydrogens is 226 g/mol. The van der Waals surface area contributed by atoms with Crippen molar-refractivity contribution < 1.29 is 8.42 Å². The Hall–Kier alpha value is -1.11. The molecule has 0 saturated heterocycles. The van der Waals surface area contributed by atoms with Crippen LogP contribution in [0.2, 0.25) is 0 Å². The van der Waals surface area contributed by atoms with E-state index in [0.717, 1.165) is 6.42 Å². The number of benzene rings is 1. The summed E-state index contributed by atoms with van der Waals surface area (Å²) in [5.74, 6) is 5.65. The van der Waals surface area contributed by atoms with Crippen LogP contribution in [-0.2, 0) is 10.0 Å². The van der Waals surface area contributed by atoms with Crippen LogP contribution in [0.1, 0.15) is 13.3 Å². The van der Waals surface area contributed by atoms with Crippen LogP contribution in [0.15, 0.2) is 29.2 Å². The Morgan fingerprint density at radius 3 is 2.31 bits per heavy atom. The lowest BCUT2D eigenvalue weighted by atomic mass is 10.3. The van der Waals surface area contributed by atoms with Crippen molar-refractivity contribution in [2.24, 2.45) is 11.8 Å². The van der Waals surface area contributed by atoms with Crippen molar-refractivity contribution in [3.05, 3.63) is 24.3 Å². The van der Waals surface area contributed by atoms with Gasteiger partial charge >= 0.3 is 0 Å². The normalized spacial score (nSPS) is 24.1. The molecule has 1 fully saturated rings. The van der Waals surface area contributed by atoms with Crippen molar-refractivity contribution >= 4 is 15.7 Å². The molecule has 2 rings (SSSR count). The van der Waals surface area contributed by atoms with Gasteiger partial charge in [0.2, 0.25) is 10.0 Å². The molecule has 6 heteroatoms. The molecule has 88 valence electrons. The van der Waals surface area contributed by atoms with Gasteiger partial charge in [0.25, 0.3) is 0 Å². The van der Waals surface area contributed by atoms with Crippen LogP contribution in [-0.4, -0.2) is 14.5 Å². The van der Waals surface area contributed by atoms with Crippen LogP contribution < -0.4 is 16.0 Å². The number of rotatable bonds is 4. The maximum Gasteiger partial charge on any atom is 0.240 e. The fraction of sp³-hybridized carbons (Fsp3) is 0.400. The Kier molecular flexibility index (Phi) is 2.88. The first-order valence-electron chi connectivity index (χ1n) is 5.12. The zero-order chi connectivity index (χ0) is 11.8. The minimum atomic E-state index is -3.37. The third-order valence-corrected chi connectivity index (χ3v) is 4.25. The Balaban J connectivity index is 2.15. The summed E-state index contributed by atoms with van der Waals surface area (Å²) in [6.07, 6.45) is 0.918. The predicted molar refractivity (Wildman–Crippen MR) is 62.1 cm³/mol. The van der Waals surface area contributed by atoms with E-state index in [1.807, 2.05) is 6.92 Å². The number of nitrogens with two attached hydrogens (primary N) is 1. The monoisotopic (exact) mass is 241 g/mol. The Morgan fingerprint density at radius 2 is 1.88 bits per heavy atom. The molecule has 0 aromatic heterocycles. The number of sulfonamides is 1. The number of hydrogen-bond donors (Lipinski definition) is 3. The molecule has 0 radical (unpaired) electrons. The van der Waals surface area contributed by atoms with Gasteiger partial charge in [-0.05, 0) is 36.6 Å². The average Bonchev–Trinajstić information content (AvgIpc) is 2.93. The van der Waals surface area contributed by atoms with E-state index < -0.39 is 10.0 Å². The van der Waals surface area contributed by atoms with Gasteiger partial charge in [0, 0.05) is 11.7 Å². The largest absolute Gasteiger partial charge is 0.324 e. The van der Waals surface area contributed by atoms with E-state index >= 15 is 0 Å². The fourth-order valence-electron chi connectivity index (χ4n) is 1.48. The fourth-order valence-corrected chi connectivity index (χ4v) is 2.84. The van der Waals surface area contributed by atoms with Gasteiger partial charge in [-0.15, -0.1) is 0 Å². The molecule has 0 amide bonds. The van der Waals surface area contributed by atoms with Gasteiger partial charge < -0.3 is 5.43 Å². The summed E-state index contributed by atoms with van der Waals surface area (Å²) < 4.78 is 26.4. The van der Waals surface area contributed by atoms with Crippen LogP contribution in [0.5, 0.6) is 0 Å². The summed E-state index contributed by atoms with van der Waals surface area (Å²) in [5.41, 5.74) is 3.13. The van der Waals surface area contributed by atoms with Crippen LogP contribution in [0.3, 0.4) is 0 Å². The van der Waals surface area contributed by atoms with Gasteiger partial charge in [0.05, 0.1) is 4.90 Å². The van der Waals surface area contributed by atoms with E-state index in [1.54, 1.807) is 12.1 Å². The Labute approximate surface area is 95.1 Å². The molecular formula is C10H15N3O2S. The molecule has 1 saturated carbocycles. The number of hydrazine groups is 1. The van der Waals surface area contributed by atoms with Crippen molar-refractivity contribution in [2.45, 2.75) is 24.3 Å². The lowest BCUT2D eigenvalue weighted by Gasteiger charge is -2.06. The topological polar surface area (TPSA) is 84.2 Å². The highest BCUT2D eigenvalue weighted by atomic mass is 32.2. The number of nitrogens with one attached hydrogen (secondary N) is 2. The third-order valence-electron chi connectivity index (χ3n) is 2.75. The molecule has 4 N–H and O–H groups in total. The summed E-state index contributed by atoms with van der Waals surface area (Å²) in [6.45, 7) is 2.02. The highest BCUT2D eigenvalue weighted by Gasteiger charge is 2.36. The predicted octanol–water partition coefficient (Wildman–Crippen LogP) is 0.659. The van der Waals surface area contributed by atoms with Crippen LogP contribution in [0.25, 0.3) is 0 Å². The van der Waals surface area contributed by atoms with Gasteiger partial charge in [-0.2, -0.15) is 0 Å². The van der Waals surface area contributed by atoms with Crippen molar-refractivity contribution in [1.29, 1.82) is 0 Å². The van der Waals surface area contributed by atoms with Crippen molar-refractivity contribution in [2.75, 3.05) is 5.43 Å². The smallest absolute Gasteiger partial charge is 0.240 e. The lowest BCUT2D eigenvalue weighted by Crippen LogP contribution is -2.26. The zero-order valence-electron chi connectivity index (χ0n) is 8.97. The van der Waals surface area contributed by atoms with Gasteiger partial charge in [-0.3, -0.25) is 5.84 Å². The maximum absolute atomic E-state index is 11.9. The van der Waals surface area contributed by atoms with Gasteiger partial charge in [-0.25, -0.2) is 13.1 Å². The molecule has 5 nitrogen and oxygen atoms in total. The van der Waals surface area contributed by atoms with Crippen LogP contribution in [0.4, 0.5) is 5.69 Å². The molecule has 0 bridgehead atoms. The third kappa shape index (κ3) is 2.34.